The molecule has 106 valence electrons. The Labute approximate surface area is 117 Å². The van der Waals surface area contributed by atoms with Crippen LogP contribution in [0.5, 0.6) is 0 Å². The fraction of sp³-hybridized carbons (Fsp3) is 0.500. The molecule has 20 heavy (non-hydrogen) atoms. The molecule has 1 fully saturated rings. The van der Waals surface area contributed by atoms with Gasteiger partial charge in [-0.2, -0.15) is 10.2 Å². The van der Waals surface area contributed by atoms with Crippen LogP contribution in [-0.4, -0.2) is 44.3 Å². The first-order valence-corrected chi connectivity index (χ1v) is 6.89. The van der Waals surface area contributed by atoms with E-state index in [0.29, 0.717) is 12.2 Å². The molecule has 2 aromatic heterocycles. The van der Waals surface area contributed by atoms with Crippen LogP contribution in [0.3, 0.4) is 0 Å². The Balaban J connectivity index is 1.83. The summed E-state index contributed by atoms with van der Waals surface area (Å²) in [7, 11) is 0. The number of hydrogen-bond acceptors (Lipinski definition) is 3. The Morgan fingerprint density at radius 3 is 2.90 bits per heavy atom. The van der Waals surface area contributed by atoms with Gasteiger partial charge in [0.2, 0.25) is 0 Å². The lowest BCUT2D eigenvalue weighted by atomic mass is 9.77. The molecule has 0 bridgehead atoms. The molecule has 1 atom stereocenters. The van der Waals surface area contributed by atoms with Crippen LogP contribution in [0.25, 0.3) is 0 Å². The van der Waals surface area contributed by atoms with E-state index in [1.165, 1.54) is 0 Å². The van der Waals surface area contributed by atoms with Gasteiger partial charge in [-0.15, -0.1) is 0 Å². The number of carbonyl (C=O) groups excluding carboxylic acids is 1. The van der Waals surface area contributed by atoms with Crippen LogP contribution in [0.2, 0.25) is 0 Å². The highest BCUT2D eigenvalue weighted by atomic mass is 16.2. The van der Waals surface area contributed by atoms with Gasteiger partial charge in [0.15, 0.2) is 0 Å². The van der Waals surface area contributed by atoms with Crippen molar-refractivity contribution in [1.29, 1.82) is 0 Å². The lowest BCUT2D eigenvalue weighted by Crippen LogP contribution is -2.47. The molecule has 0 saturated carbocycles. The van der Waals surface area contributed by atoms with Crippen LogP contribution in [0.15, 0.2) is 18.5 Å². The minimum atomic E-state index is -0.0610. The second-order valence-corrected chi connectivity index (χ2v) is 5.79. The Morgan fingerprint density at radius 1 is 1.40 bits per heavy atom. The van der Waals surface area contributed by atoms with Crippen molar-refractivity contribution in [2.75, 3.05) is 13.1 Å². The number of nitrogens with one attached hydrogen (secondary N) is 2. The molecular formula is C14H19N5O. The average Bonchev–Trinajstić information content (AvgIpc) is 3.09. The van der Waals surface area contributed by atoms with Crippen LogP contribution in [-0.2, 0) is 5.41 Å². The Kier molecular flexibility index (Phi) is 3.08. The first-order valence-electron chi connectivity index (χ1n) is 6.89. The summed E-state index contributed by atoms with van der Waals surface area (Å²) in [5.74, 6) is 0.0191. The van der Waals surface area contributed by atoms with E-state index in [0.717, 1.165) is 30.6 Å². The zero-order valence-electron chi connectivity index (χ0n) is 11.8. The Bertz CT molecular complexity index is 603. The van der Waals surface area contributed by atoms with Gasteiger partial charge in [-0.1, -0.05) is 6.92 Å². The number of piperidine rings is 1. The van der Waals surface area contributed by atoms with Crippen molar-refractivity contribution in [2.45, 2.75) is 32.1 Å². The third-order valence-electron chi connectivity index (χ3n) is 4.15. The quantitative estimate of drug-likeness (QED) is 0.873. The molecule has 1 aliphatic rings. The van der Waals surface area contributed by atoms with E-state index < -0.39 is 0 Å². The summed E-state index contributed by atoms with van der Waals surface area (Å²) in [6, 6.07) is 1.72. The van der Waals surface area contributed by atoms with Crippen LogP contribution in [0.1, 0.15) is 41.5 Å². The van der Waals surface area contributed by atoms with Gasteiger partial charge in [-0.25, -0.2) is 0 Å². The first-order chi connectivity index (χ1) is 9.60. The third kappa shape index (κ3) is 2.11. The van der Waals surface area contributed by atoms with E-state index >= 15 is 0 Å². The molecule has 6 heteroatoms. The van der Waals surface area contributed by atoms with E-state index in [1.54, 1.807) is 12.3 Å². The molecule has 0 radical (unpaired) electrons. The number of aromatic nitrogens is 4. The Hall–Kier alpha value is -2.11. The van der Waals surface area contributed by atoms with E-state index in [2.05, 4.69) is 34.2 Å². The number of nitrogens with zero attached hydrogens (tertiary/aromatic N) is 3. The number of H-pyrrole nitrogens is 2. The Morgan fingerprint density at radius 2 is 2.25 bits per heavy atom. The number of amides is 1. The summed E-state index contributed by atoms with van der Waals surface area (Å²) in [5.41, 5.74) is 2.78. The van der Waals surface area contributed by atoms with Crippen molar-refractivity contribution in [1.82, 2.24) is 25.3 Å². The summed E-state index contributed by atoms with van der Waals surface area (Å²) in [6.45, 7) is 5.74. The highest BCUT2D eigenvalue weighted by Gasteiger charge is 2.37. The maximum absolute atomic E-state index is 12.4. The zero-order chi connectivity index (χ0) is 14.2. The molecule has 0 unspecified atom stereocenters. The molecule has 2 N–H and O–H groups in total. The van der Waals surface area contributed by atoms with Gasteiger partial charge in [0, 0.05) is 30.4 Å². The predicted octanol–water partition coefficient (Wildman–Crippen LogP) is 1.64. The van der Waals surface area contributed by atoms with E-state index in [1.807, 2.05) is 11.1 Å². The second kappa shape index (κ2) is 4.77. The maximum Gasteiger partial charge on any atom is 0.271 e. The topological polar surface area (TPSA) is 77.7 Å². The van der Waals surface area contributed by atoms with Crippen LogP contribution in [0.4, 0.5) is 0 Å². The van der Waals surface area contributed by atoms with Gasteiger partial charge in [-0.05, 0) is 31.4 Å². The summed E-state index contributed by atoms with van der Waals surface area (Å²) in [4.78, 5) is 14.3. The lowest BCUT2D eigenvalue weighted by molar-refractivity contribution is 0.0641. The van der Waals surface area contributed by atoms with Gasteiger partial charge < -0.3 is 4.90 Å². The van der Waals surface area contributed by atoms with Gasteiger partial charge in [0.25, 0.3) is 5.91 Å². The summed E-state index contributed by atoms with van der Waals surface area (Å²) >= 11 is 0. The molecule has 0 aromatic carbocycles. The van der Waals surface area contributed by atoms with Crippen molar-refractivity contribution >= 4 is 5.91 Å². The third-order valence-corrected chi connectivity index (χ3v) is 4.15. The smallest absolute Gasteiger partial charge is 0.271 e. The van der Waals surface area contributed by atoms with Crippen LogP contribution >= 0.6 is 0 Å². The minimum Gasteiger partial charge on any atom is -0.336 e. The van der Waals surface area contributed by atoms with Crippen molar-refractivity contribution < 1.29 is 4.79 Å². The minimum absolute atomic E-state index is 0.0191. The maximum atomic E-state index is 12.4. The van der Waals surface area contributed by atoms with Crippen molar-refractivity contribution in [3.8, 4) is 0 Å². The molecule has 0 spiro atoms. The van der Waals surface area contributed by atoms with Crippen molar-refractivity contribution in [3.05, 3.63) is 35.4 Å². The summed E-state index contributed by atoms with van der Waals surface area (Å²) < 4.78 is 0. The number of hydrogen-bond donors (Lipinski definition) is 2. The predicted molar refractivity (Wildman–Crippen MR) is 74.4 cm³/mol. The van der Waals surface area contributed by atoms with Crippen LogP contribution < -0.4 is 0 Å². The molecular weight excluding hydrogens is 254 g/mol. The monoisotopic (exact) mass is 273 g/mol. The highest BCUT2D eigenvalue weighted by Crippen LogP contribution is 2.34. The molecule has 1 amide bonds. The zero-order valence-corrected chi connectivity index (χ0v) is 11.8. The standard InChI is InChI=1S/C14H19N5O/c1-10-8-16-18-12(10)14(2)5-3-7-19(9-14)13(20)11-4-6-15-17-11/h4,6,8H,3,5,7,9H2,1-2H3,(H,15,17)(H,16,18)/t14-/m0/s1. The molecule has 6 nitrogen and oxygen atoms in total. The van der Waals surface area contributed by atoms with Gasteiger partial charge >= 0.3 is 0 Å². The van der Waals surface area contributed by atoms with Crippen molar-refractivity contribution in [3.63, 3.8) is 0 Å². The number of likely N-dealkylation sites (tertiary alicyclic amines) is 1. The fourth-order valence-electron chi connectivity index (χ4n) is 3.12. The number of aryl methyl sites for hydroxylation is 1. The van der Waals surface area contributed by atoms with Crippen LogP contribution in [0, 0.1) is 6.92 Å². The molecule has 3 heterocycles. The number of rotatable bonds is 2. The molecule has 1 saturated heterocycles. The summed E-state index contributed by atoms with van der Waals surface area (Å²) in [6.07, 6.45) is 5.50. The first kappa shape index (κ1) is 12.9. The number of carbonyl (C=O) groups is 1. The highest BCUT2D eigenvalue weighted by molar-refractivity contribution is 5.92. The van der Waals surface area contributed by atoms with Gasteiger partial charge in [0.05, 0.1) is 6.20 Å². The number of aromatic amines is 2. The average molecular weight is 273 g/mol. The van der Waals surface area contributed by atoms with Crippen molar-refractivity contribution in [2.24, 2.45) is 0 Å². The SMILES string of the molecule is Cc1cn[nH]c1[C@@]1(C)CCCN(C(=O)c2ccn[nH]2)C1. The van der Waals surface area contributed by atoms with Gasteiger partial charge in [0.1, 0.15) is 5.69 Å². The molecule has 1 aliphatic heterocycles. The van der Waals surface area contributed by atoms with E-state index in [-0.39, 0.29) is 11.3 Å². The summed E-state index contributed by atoms with van der Waals surface area (Å²) in [5, 5.41) is 13.8. The fourth-order valence-corrected chi connectivity index (χ4v) is 3.12. The normalized spacial score (nSPS) is 23.0. The van der Waals surface area contributed by atoms with E-state index in [9.17, 15) is 4.79 Å². The van der Waals surface area contributed by atoms with Gasteiger partial charge in [-0.3, -0.25) is 15.0 Å². The van der Waals surface area contributed by atoms with E-state index in [4.69, 9.17) is 0 Å². The largest absolute Gasteiger partial charge is 0.336 e. The lowest BCUT2D eigenvalue weighted by Gasteiger charge is -2.40. The molecule has 2 aromatic rings. The molecule has 3 rings (SSSR count). The molecule has 0 aliphatic carbocycles. The second-order valence-electron chi connectivity index (χ2n) is 5.79.